The molecule has 2 unspecified atom stereocenters. The third-order valence-electron chi connectivity index (χ3n) is 3.96. The number of nitrogens with one attached hydrogen (secondary N) is 1. The smallest absolute Gasteiger partial charge is 0.123 e. The van der Waals surface area contributed by atoms with Crippen LogP contribution in [0.5, 0.6) is 5.75 Å². The van der Waals surface area contributed by atoms with E-state index in [4.69, 9.17) is 9.47 Å². The van der Waals surface area contributed by atoms with E-state index in [1.165, 1.54) is 18.4 Å². The molecule has 0 amide bonds. The minimum Gasteiger partial charge on any atom is -0.496 e. The Balaban J connectivity index is 2.01. The van der Waals surface area contributed by atoms with Crippen LogP contribution in [0.15, 0.2) is 24.3 Å². The quantitative estimate of drug-likeness (QED) is 0.786. The van der Waals surface area contributed by atoms with E-state index in [0.717, 1.165) is 38.2 Å². The monoisotopic (exact) mass is 277 g/mol. The van der Waals surface area contributed by atoms with Gasteiger partial charge >= 0.3 is 0 Å². The molecule has 1 aromatic carbocycles. The van der Waals surface area contributed by atoms with Crippen molar-refractivity contribution in [3.8, 4) is 5.75 Å². The van der Waals surface area contributed by atoms with E-state index in [2.05, 4.69) is 24.4 Å². The van der Waals surface area contributed by atoms with E-state index in [9.17, 15) is 0 Å². The molecule has 0 spiro atoms. The van der Waals surface area contributed by atoms with Gasteiger partial charge in [-0.15, -0.1) is 0 Å². The van der Waals surface area contributed by atoms with Crippen LogP contribution >= 0.6 is 0 Å². The van der Waals surface area contributed by atoms with E-state index in [1.54, 1.807) is 7.11 Å². The van der Waals surface area contributed by atoms with Crippen molar-refractivity contribution in [2.75, 3.05) is 20.3 Å². The van der Waals surface area contributed by atoms with Gasteiger partial charge < -0.3 is 14.8 Å². The first-order valence-electron chi connectivity index (χ1n) is 7.83. The van der Waals surface area contributed by atoms with E-state index in [0.29, 0.717) is 12.1 Å². The number of methoxy groups -OCH3 is 1. The fraction of sp³-hybridized carbons (Fsp3) is 0.647. The molecule has 1 N–H and O–H groups in total. The van der Waals surface area contributed by atoms with Crippen LogP contribution in [-0.2, 0) is 4.74 Å². The van der Waals surface area contributed by atoms with Crippen LogP contribution < -0.4 is 10.1 Å². The third kappa shape index (κ3) is 4.22. The fourth-order valence-corrected chi connectivity index (χ4v) is 2.86. The SMILES string of the molecule is CCCNC(CCC1CCCO1)c1ccccc1OC. The van der Waals surface area contributed by atoms with Gasteiger partial charge in [-0.25, -0.2) is 0 Å². The van der Waals surface area contributed by atoms with Crippen LogP contribution in [0.2, 0.25) is 0 Å². The largest absolute Gasteiger partial charge is 0.496 e. The number of rotatable bonds is 8. The van der Waals surface area contributed by atoms with Crippen LogP contribution in [0, 0.1) is 0 Å². The molecule has 2 atom stereocenters. The van der Waals surface area contributed by atoms with Crippen LogP contribution in [0.4, 0.5) is 0 Å². The van der Waals surface area contributed by atoms with Gasteiger partial charge in [0.2, 0.25) is 0 Å². The Morgan fingerprint density at radius 2 is 2.25 bits per heavy atom. The zero-order valence-corrected chi connectivity index (χ0v) is 12.7. The van der Waals surface area contributed by atoms with Gasteiger partial charge in [-0.1, -0.05) is 25.1 Å². The summed E-state index contributed by atoms with van der Waals surface area (Å²) in [4.78, 5) is 0. The van der Waals surface area contributed by atoms with Crippen LogP contribution in [0.1, 0.15) is 50.6 Å². The normalized spacial score (nSPS) is 20.0. The van der Waals surface area contributed by atoms with Gasteiger partial charge in [0.15, 0.2) is 0 Å². The molecule has 3 nitrogen and oxygen atoms in total. The van der Waals surface area contributed by atoms with Crippen LogP contribution in [0.3, 0.4) is 0 Å². The van der Waals surface area contributed by atoms with Gasteiger partial charge in [0.25, 0.3) is 0 Å². The van der Waals surface area contributed by atoms with Crippen molar-refractivity contribution in [2.45, 2.75) is 51.2 Å². The van der Waals surface area contributed by atoms with Crippen LogP contribution in [-0.4, -0.2) is 26.4 Å². The molecule has 1 aliphatic heterocycles. The molecule has 3 heteroatoms. The predicted octanol–water partition coefficient (Wildman–Crippen LogP) is 3.70. The lowest BCUT2D eigenvalue weighted by Crippen LogP contribution is -2.24. The molecule has 1 aromatic rings. The Kier molecular flexibility index (Phi) is 6.34. The number of ether oxygens (including phenoxy) is 2. The highest BCUT2D eigenvalue weighted by Crippen LogP contribution is 2.29. The lowest BCUT2D eigenvalue weighted by atomic mass is 9.98. The molecular formula is C17H27NO2. The molecule has 0 saturated carbocycles. The summed E-state index contributed by atoms with van der Waals surface area (Å²) in [6.45, 7) is 4.17. The third-order valence-corrected chi connectivity index (χ3v) is 3.96. The predicted molar refractivity (Wildman–Crippen MR) is 82.2 cm³/mol. The van der Waals surface area contributed by atoms with E-state index in [1.807, 2.05) is 12.1 Å². The molecule has 1 heterocycles. The van der Waals surface area contributed by atoms with Crippen molar-refractivity contribution in [3.05, 3.63) is 29.8 Å². The van der Waals surface area contributed by atoms with Gasteiger partial charge in [0.05, 0.1) is 13.2 Å². The maximum Gasteiger partial charge on any atom is 0.123 e. The number of hydrogen-bond acceptors (Lipinski definition) is 3. The zero-order valence-electron chi connectivity index (χ0n) is 12.7. The Labute approximate surface area is 122 Å². The highest BCUT2D eigenvalue weighted by atomic mass is 16.5. The van der Waals surface area contributed by atoms with E-state index in [-0.39, 0.29) is 0 Å². The Hall–Kier alpha value is -1.06. The van der Waals surface area contributed by atoms with Gasteiger partial charge in [-0.05, 0) is 44.7 Å². The second-order valence-electron chi connectivity index (χ2n) is 5.46. The van der Waals surface area contributed by atoms with Crippen LogP contribution in [0.25, 0.3) is 0 Å². The van der Waals surface area contributed by atoms with Gasteiger partial charge in [0.1, 0.15) is 5.75 Å². The molecule has 0 bridgehead atoms. The second-order valence-corrected chi connectivity index (χ2v) is 5.46. The van der Waals surface area contributed by atoms with Gasteiger partial charge in [0, 0.05) is 18.2 Å². The number of benzene rings is 1. The molecule has 1 aliphatic rings. The average molecular weight is 277 g/mol. The summed E-state index contributed by atoms with van der Waals surface area (Å²) in [6.07, 6.45) is 6.25. The molecule has 0 aromatic heterocycles. The maximum absolute atomic E-state index is 5.74. The summed E-state index contributed by atoms with van der Waals surface area (Å²) in [5, 5.41) is 3.65. The van der Waals surface area contributed by atoms with E-state index < -0.39 is 0 Å². The molecule has 0 radical (unpaired) electrons. The molecule has 112 valence electrons. The topological polar surface area (TPSA) is 30.5 Å². The molecule has 20 heavy (non-hydrogen) atoms. The minimum absolute atomic E-state index is 0.357. The lowest BCUT2D eigenvalue weighted by Gasteiger charge is -2.22. The first-order valence-corrected chi connectivity index (χ1v) is 7.83. The lowest BCUT2D eigenvalue weighted by molar-refractivity contribution is 0.0995. The van der Waals surface area contributed by atoms with Crippen molar-refractivity contribution in [2.24, 2.45) is 0 Å². The molecular weight excluding hydrogens is 250 g/mol. The maximum atomic E-state index is 5.74. The minimum atomic E-state index is 0.357. The molecule has 1 fully saturated rings. The standard InChI is InChI=1S/C17H27NO2/c1-3-12-18-16(11-10-14-7-6-13-20-14)15-8-4-5-9-17(15)19-2/h4-5,8-9,14,16,18H,3,6-7,10-13H2,1-2H3. The summed E-state index contributed by atoms with van der Waals surface area (Å²) in [7, 11) is 1.75. The highest BCUT2D eigenvalue weighted by molar-refractivity contribution is 5.35. The van der Waals surface area contributed by atoms with Crippen molar-refractivity contribution in [3.63, 3.8) is 0 Å². The van der Waals surface area contributed by atoms with Crippen molar-refractivity contribution in [1.82, 2.24) is 5.32 Å². The Morgan fingerprint density at radius 3 is 2.95 bits per heavy atom. The summed E-state index contributed by atoms with van der Waals surface area (Å²) < 4.78 is 11.2. The summed E-state index contributed by atoms with van der Waals surface area (Å²) >= 11 is 0. The molecule has 1 saturated heterocycles. The number of hydrogen-bond donors (Lipinski definition) is 1. The van der Waals surface area contributed by atoms with Gasteiger partial charge in [-0.3, -0.25) is 0 Å². The van der Waals surface area contributed by atoms with Crippen molar-refractivity contribution in [1.29, 1.82) is 0 Å². The summed E-state index contributed by atoms with van der Waals surface area (Å²) in [6, 6.07) is 8.68. The van der Waals surface area contributed by atoms with Gasteiger partial charge in [-0.2, -0.15) is 0 Å². The summed E-state index contributed by atoms with van der Waals surface area (Å²) in [5.41, 5.74) is 1.27. The average Bonchev–Trinajstić information content (AvgIpc) is 3.01. The molecule has 2 rings (SSSR count). The Morgan fingerprint density at radius 1 is 1.40 bits per heavy atom. The molecule has 0 aliphatic carbocycles. The zero-order chi connectivity index (χ0) is 14.2. The number of para-hydroxylation sites is 1. The summed E-state index contributed by atoms with van der Waals surface area (Å²) in [5.74, 6) is 0.980. The fourth-order valence-electron chi connectivity index (χ4n) is 2.86. The first kappa shape index (κ1) is 15.3. The Bertz CT molecular complexity index is 388. The second kappa shape index (κ2) is 8.28. The van der Waals surface area contributed by atoms with Crippen molar-refractivity contribution >= 4 is 0 Å². The van der Waals surface area contributed by atoms with Crippen molar-refractivity contribution < 1.29 is 9.47 Å². The van der Waals surface area contributed by atoms with E-state index >= 15 is 0 Å². The first-order chi connectivity index (χ1) is 9.85. The highest BCUT2D eigenvalue weighted by Gasteiger charge is 2.20.